The van der Waals surface area contributed by atoms with E-state index in [1.165, 1.54) is 0 Å². The maximum absolute atomic E-state index is 8.79. The van der Waals surface area contributed by atoms with E-state index in [0.717, 1.165) is 33.7 Å². The van der Waals surface area contributed by atoms with Gasteiger partial charge in [0.15, 0.2) is 18.8 Å². The minimum absolute atomic E-state index is 0.00658. The Morgan fingerprint density at radius 3 is 0.755 bits per heavy atom. The van der Waals surface area contributed by atoms with Gasteiger partial charge in [-0.05, 0) is 58.7 Å². The fourth-order valence-electron chi connectivity index (χ4n) is 8.42. The van der Waals surface area contributed by atoms with Gasteiger partial charge in [0, 0.05) is 36.0 Å². The molecular formula is C67H112ClN2O24+. The first-order chi connectivity index (χ1) is 46.6. The lowest BCUT2D eigenvalue weighted by Gasteiger charge is -2.25. The standard InChI is InChI=1S/C67H112ClN2O24/c68-64-7-1-61(2-8-64)67(62-3-9-65(10-4-62)69(13-21-75-29-37-83-45-53-91-57-49-87-41-33-79-25-17-71)14-22-76-30-38-84-46-54-92-58-50-88-42-34-80-26-18-72)63-5-11-66(12-6-63)70(15-23-77-31-39-85-47-55-93-59-51-89-43-35-81-27-19-73)16-24-78-32-40-86-48-56-94-60-52-90-44-36-82-28-20-74/h1-12,71-74H,13-60H2/q+1. The van der Waals surface area contributed by atoms with Crippen LogP contribution in [0.2, 0.25) is 5.02 Å². The van der Waals surface area contributed by atoms with Gasteiger partial charge in [-0.25, -0.2) is 4.58 Å². The summed E-state index contributed by atoms with van der Waals surface area (Å²) in [6.07, 6.45) is 8.56. The Hall–Kier alpha value is -3.54. The molecule has 0 radical (unpaired) electrons. The second kappa shape index (κ2) is 65.4. The molecule has 27 heteroatoms. The van der Waals surface area contributed by atoms with Crippen LogP contribution in [0.15, 0.2) is 78.4 Å². The van der Waals surface area contributed by atoms with Gasteiger partial charge in [-0.3, -0.25) is 0 Å². The lowest BCUT2D eigenvalue weighted by atomic mass is 9.90. The molecule has 3 rings (SSSR count). The van der Waals surface area contributed by atoms with Crippen LogP contribution in [0.4, 0.5) is 5.69 Å². The lowest BCUT2D eigenvalue weighted by molar-refractivity contribution is -0.532. The van der Waals surface area contributed by atoms with E-state index in [4.69, 9.17) is 127 Å². The quantitative estimate of drug-likeness (QED) is 0.0548. The average molecular weight is 1370 g/mol. The number of allylic oxidation sites excluding steroid dienone is 5. The van der Waals surface area contributed by atoms with E-state index in [1.807, 2.05) is 24.3 Å². The number of aliphatic hydroxyl groups excluding tert-OH is 4. The summed E-state index contributed by atoms with van der Waals surface area (Å²) in [6, 6.07) is 16.5. The number of halogens is 1. The van der Waals surface area contributed by atoms with E-state index < -0.39 is 0 Å². The zero-order valence-electron chi connectivity index (χ0n) is 55.6. The molecular weight excluding hydrogens is 1250 g/mol. The number of anilines is 1. The Morgan fingerprint density at radius 1 is 0.277 bits per heavy atom. The molecule has 0 fully saturated rings. The molecule has 0 atom stereocenters. The Labute approximate surface area is 562 Å². The maximum Gasteiger partial charge on any atom is 0.200 e. The first-order valence-corrected chi connectivity index (χ1v) is 33.3. The molecule has 0 saturated carbocycles. The van der Waals surface area contributed by atoms with Gasteiger partial charge >= 0.3 is 0 Å². The van der Waals surface area contributed by atoms with Crippen LogP contribution in [-0.4, -0.2) is 348 Å². The second-order valence-corrected chi connectivity index (χ2v) is 20.5. The van der Waals surface area contributed by atoms with Crippen molar-refractivity contribution in [3.05, 3.63) is 94.6 Å². The van der Waals surface area contributed by atoms with Crippen molar-refractivity contribution in [2.45, 2.75) is 0 Å². The van der Waals surface area contributed by atoms with E-state index in [-0.39, 0.29) is 26.4 Å². The predicted octanol–water partition coefficient (Wildman–Crippen LogP) is 2.83. The van der Waals surface area contributed by atoms with Crippen LogP contribution < -0.4 is 4.90 Å². The summed E-state index contributed by atoms with van der Waals surface area (Å²) in [6.45, 7) is 19.7. The summed E-state index contributed by atoms with van der Waals surface area (Å²) in [5.41, 5.74) is 6.14. The van der Waals surface area contributed by atoms with Crippen molar-refractivity contribution < 1.29 is 120 Å². The molecule has 0 saturated heterocycles. The molecule has 1 aliphatic rings. The third-order valence-electron chi connectivity index (χ3n) is 13.1. The minimum atomic E-state index is -0.00658. The molecule has 0 aliphatic heterocycles. The normalized spacial score (nSPS) is 12.3. The summed E-state index contributed by atoms with van der Waals surface area (Å²) in [4.78, 5) is 2.25. The molecule has 0 amide bonds. The van der Waals surface area contributed by atoms with Crippen LogP contribution in [0.5, 0.6) is 0 Å². The zero-order valence-corrected chi connectivity index (χ0v) is 56.4. The second-order valence-electron chi connectivity index (χ2n) is 20.1. The highest BCUT2D eigenvalue weighted by molar-refractivity contribution is 6.30. The highest BCUT2D eigenvalue weighted by Crippen LogP contribution is 2.32. The first kappa shape index (κ1) is 84.7. The smallest absolute Gasteiger partial charge is 0.200 e. The van der Waals surface area contributed by atoms with Crippen LogP contribution in [-0.2, 0) is 94.7 Å². The van der Waals surface area contributed by atoms with Gasteiger partial charge in [0.05, 0.1) is 277 Å². The zero-order chi connectivity index (χ0) is 66.8. The van der Waals surface area contributed by atoms with E-state index >= 15 is 0 Å². The van der Waals surface area contributed by atoms with Crippen molar-refractivity contribution in [1.29, 1.82) is 0 Å². The van der Waals surface area contributed by atoms with E-state index in [0.29, 0.717) is 295 Å². The lowest BCUT2D eigenvalue weighted by Crippen LogP contribution is -2.31. The molecule has 0 unspecified atom stereocenters. The van der Waals surface area contributed by atoms with Crippen molar-refractivity contribution in [3.8, 4) is 0 Å². The van der Waals surface area contributed by atoms with E-state index in [1.54, 1.807) is 0 Å². The highest BCUT2D eigenvalue weighted by atomic mass is 35.5. The van der Waals surface area contributed by atoms with Gasteiger partial charge in [-0.2, -0.15) is 0 Å². The van der Waals surface area contributed by atoms with Crippen LogP contribution in [0.3, 0.4) is 0 Å². The maximum atomic E-state index is 8.79. The van der Waals surface area contributed by atoms with Gasteiger partial charge < -0.3 is 120 Å². The fraction of sp³-hybridized carbons (Fsp3) is 0.716. The summed E-state index contributed by atoms with van der Waals surface area (Å²) in [7, 11) is 0. The largest absolute Gasteiger partial charge is 0.394 e. The number of rotatable bonds is 71. The molecule has 26 nitrogen and oxygen atoms in total. The van der Waals surface area contributed by atoms with Gasteiger partial charge in [0.25, 0.3) is 0 Å². The molecule has 2 aromatic carbocycles. The summed E-state index contributed by atoms with van der Waals surface area (Å²) >= 11 is 6.46. The number of hydrogen-bond acceptors (Lipinski definition) is 25. The van der Waals surface area contributed by atoms with Crippen LogP contribution in [0, 0.1) is 0 Å². The predicted molar refractivity (Wildman–Crippen MR) is 354 cm³/mol. The van der Waals surface area contributed by atoms with Crippen LogP contribution >= 0.6 is 11.6 Å². The molecule has 0 spiro atoms. The van der Waals surface area contributed by atoms with Gasteiger partial charge in [-0.15, -0.1) is 0 Å². The van der Waals surface area contributed by atoms with Gasteiger partial charge in [0.2, 0.25) is 0 Å². The number of aliphatic hydroxyl groups is 4. The molecule has 1 aliphatic carbocycles. The Balaban J connectivity index is 1.63. The SMILES string of the molecule is OCCOCCOCCOCCOCCOCCN(CCOCCOCCOCCOCCOCCO)c1ccc(C(=C2C=CC(=[N+](CCOCCOCCOCCOCCOCCO)CCOCCOCCOCCOCCOCCO)C=C2)c2ccc(Cl)cc2)cc1. The van der Waals surface area contributed by atoms with Crippen molar-refractivity contribution >= 4 is 28.6 Å². The summed E-state index contributed by atoms with van der Waals surface area (Å²) in [5, 5.41) is 35.8. The number of benzene rings is 2. The molecule has 4 N–H and O–H groups in total. The molecule has 94 heavy (non-hydrogen) atoms. The number of ether oxygens (including phenoxy) is 20. The fourth-order valence-corrected chi connectivity index (χ4v) is 8.54. The molecule has 0 aromatic heterocycles. The van der Waals surface area contributed by atoms with E-state index in [9.17, 15) is 0 Å². The van der Waals surface area contributed by atoms with Crippen molar-refractivity contribution in [2.24, 2.45) is 0 Å². The highest BCUT2D eigenvalue weighted by Gasteiger charge is 2.18. The topological polar surface area (TPSA) is 272 Å². The average Bonchev–Trinajstić information content (AvgIpc) is 2.05. The molecule has 0 bridgehead atoms. The number of hydrogen-bond donors (Lipinski definition) is 4. The van der Waals surface area contributed by atoms with Crippen LogP contribution in [0.25, 0.3) is 5.57 Å². The third kappa shape index (κ3) is 48.2. The van der Waals surface area contributed by atoms with Gasteiger partial charge in [-0.1, -0.05) is 35.9 Å². The monoisotopic (exact) mass is 1360 g/mol. The van der Waals surface area contributed by atoms with Gasteiger partial charge in [0.1, 0.15) is 13.2 Å². The third-order valence-corrected chi connectivity index (χ3v) is 13.3. The minimum Gasteiger partial charge on any atom is -0.394 e. The Kier molecular flexibility index (Phi) is 58.9. The van der Waals surface area contributed by atoms with Crippen molar-refractivity contribution in [3.63, 3.8) is 0 Å². The van der Waals surface area contributed by atoms with Crippen molar-refractivity contribution in [2.75, 3.05) is 322 Å². The molecule has 2 aromatic rings. The van der Waals surface area contributed by atoms with Crippen molar-refractivity contribution in [1.82, 2.24) is 0 Å². The van der Waals surface area contributed by atoms with E-state index in [2.05, 4.69) is 58.0 Å². The Bertz CT molecular complexity index is 2020. The van der Waals surface area contributed by atoms with Crippen LogP contribution in [0.1, 0.15) is 11.1 Å². The summed E-state index contributed by atoms with van der Waals surface area (Å²) in [5.74, 6) is 0. The molecule has 0 heterocycles. The Morgan fingerprint density at radius 2 is 0.500 bits per heavy atom. The molecule has 540 valence electrons. The first-order valence-electron chi connectivity index (χ1n) is 32.9. The number of nitrogens with zero attached hydrogens (tertiary/aromatic N) is 2. The summed E-state index contributed by atoms with van der Waals surface area (Å²) < 4.78 is 114.